The Morgan fingerprint density at radius 2 is 2.19 bits per heavy atom. The summed E-state index contributed by atoms with van der Waals surface area (Å²) in [6.07, 6.45) is 10.7. The maximum Gasteiger partial charge on any atom is 0.274 e. The average molecular weight is 363 g/mol. The lowest BCUT2D eigenvalue weighted by Crippen LogP contribution is -2.18. The fourth-order valence-corrected chi connectivity index (χ4v) is 3.13. The molecule has 27 heavy (non-hydrogen) atoms. The molecule has 0 atom stereocenters. The highest BCUT2D eigenvalue weighted by Crippen LogP contribution is 2.28. The molecule has 3 heterocycles. The average Bonchev–Trinajstić information content (AvgIpc) is 3.12. The fraction of sp³-hybridized carbons (Fsp3) is 0.300. The molecule has 3 aromatic heterocycles. The molecule has 7 heteroatoms. The molecule has 0 saturated heterocycles. The fourth-order valence-electron chi connectivity index (χ4n) is 3.13. The zero-order chi connectivity index (χ0) is 18.6. The van der Waals surface area contributed by atoms with Gasteiger partial charge in [0.05, 0.1) is 30.3 Å². The van der Waals surface area contributed by atoms with Gasteiger partial charge < -0.3 is 10.1 Å². The SMILES string of the molecule is COc1ccncc1-c1cccc(C(=O)Nc2cnn(CC3CCC3)c2)n1. The lowest BCUT2D eigenvalue weighted by molar-refractivity contribution is 0.102. The highest BCUT2D eigenvalue weighted by Gasteiger charge is 2.18. The second-order valence-electron chi connectivity index (χ2n) is 6.69. The number of methoxy groups -OCH3 is 1. The number of carbonyl (C=O) groups excluding carboxylic acids is 1. The van der Waals surface area contributed by atoms with Crippen molar-refractivity contribution >= 4 is 11.6 Å². The van der Waals surface area contributed by atoms with Crippen molar-refractivity contribution in [3.8, 4) is 17.0 Å². The van der Waals surface area contributed by atoms with Gasteiger partial charge in [-0.25, -0.2) is 4.98 Å². The van der Waals surface area contributed by atoms with Crippen LogP contribution in [0.5, 0.6) is 5.75 Å². The van der Waals surface area contributed by atoms with Crippen LogP contribution in [0.1, 0.15) is 29.8 Å². The lowest BCUT2D eigenvalue weighted by Gasteiger charge is -2.24. The summed E-state index contributed by atoms with van der Waals surface area (Å²) in [5.41, 5.74) is 2.37. The van der Waals surface area contributed by atoms with E-state index in [1.165, 1.54) is 19.3 Å². The van der Waals surface area contributed by atoms with Gasteiger partial charge in [0.1, 0.15) is 11.4 Å². The molecule has 0 spiro atoms. The third-order valence-electron chi connectivity index (χ3n) is 4.82. The number of anilines is 1. The minimum atomic E-state index is -0.275. The van der Waals surface area contributed by atoms with Crippen LogP contribution in [-0.2, 0) is 6.54 Å². The molecular formula is C20H21N5O2. The second kappa shape index (κ2) is 7.57. The quantitative estimate of drug-likeness (QED) is 0.726. The number of hydrogen-bond donors (Lipinski definition) is 1. The molecule has 1 N–H and O–H groups in total. The number of nitrogens with zero attached hydrogens (tertiary/aromatic N) is 4. The number of hydrogen-bond acceptors (Lipinski definition) is 5. The maximum absolute atomic E-state index is 12.6. The van der Waals surface area contributed by atoms with E-state index < -0.39 is 0 Å². The molecule has 1 amide bonds. The van der Waals surface area contributed by atoms with E-state index in [0.717, 1.165) is 12.1 Å². The van der Waals surface area contributed by atoms with Gasteiger partial charge in [-0.15, -0.1) is 0 Å². The third kappa shape index (κ3) is 3.81. The molecule has 0 aromatic carbocycles. The predicted octanol–water partition coefficient (Wildman–Crippen LogP) is 3.40. The number of pyridine rings is 2. The molecule has 0 bridgehead atoms. The smallest absolute Gasteiger partial charge is 0.274 e. The minimum Gasteiger partial charge on any atom is -0.496 e. The lowest BCUT2D eigenvalue weighted by atomic mass is 9.85. The summed E-state index contributed by atoms with van der Waals surface area (Å²) in [7, 11) is 1.59. The van der Waals surface area contributed by atoms with E-state index >= 15 is 0 Å². The monoisotopic (exact) mass is 363 g/mol. The summed E-state index contributed by atoms with van der Waals surface area (Å²) >= 11 is 0. The summed E-state index contributed by atoms with van der Waals surface area (Å²) in [5.74, 6) is 1.09. The van der Waals surface area contributed by atoms with Crippen LogP contribution in [0.4, 0.5) is 5.69 Å². The zero-order valence-electron chi connectivity index (χ0n) is 15.1. The largest absolute Gasteiger partial charge is 0.496 e. The zero-order valence-corrected chi connectivity index (χ0v) is 15.1. The van der Waals surface area contributed by atoms with Crippen molar-refractivity contribution in [1.29, 1.82) is 0 Å². The number of amides is 1. The normalized spacial score (nSPS) is 13.8. The van der Waals surface area contributed by atoms with Gasteiger partial charge in [0.2, 0.25) is 0 Å². The summed E-state index contributed by atoms with van der Waals surface area (Å²) in [5, 5.41) is 7.19. The van der Waals surface area contributed by atoms with Crippen molar-refractivity contribution in [2.45, 2.75) is 25.8 Å². The van der Waals surface area contributed by atoms with Gasteiger partial charge in [-0.3, -0.25) is 14.5 Å². The number of nitrogens with one attached hydrogen (secondary N) is 1. The van der Waals surface area contributed by atoms with E-state index in [1.54, 1.807) is 43.9 Å². The molecule has 3 aromatic rings. The van der Waals surface area contributed by atoms with Crippen LogP contribution in [0.2, 0.25) is 0 Å². The van der Waals surface area contributed by atoms with E-state index in [0.29, 0.717) is 28.7 Å². The molecule has 1 aliphatic carbocycles. The van der Waals surface area contributed by atoms with Gasteiger partial charge in [-0.1, -0.05) is 12.5 Å². The van der Waals surface area contributed by atoms with E-state index in [4.69, 9.17) is 4.74 Å². The highest BCUT2D eigenvalue weighted by molar-refractivity contribution is 6.03. The Kier molecular flexibility index (Phi) is 4.82. The Bertz CT molecular complexity index is 949. The summed E-state index contributed by atoms with van der Waals surface area (Å²) < 4.78 is 7.25. The molecule has 138 valence electrons. The Morgan fingerprint density at radius 3 is 2.96 bits per heavy atom. The number of ether oxygens (including phenoxy) is 1. The Hall–Kier alpha value is -3.22. The number of carbonyl (C=O) groups is 1. The molecule has 1 fully saturated rings. The first kappa shape index (κ1) is 17.2. The van der Waals surface area contributed by atoms with Crippen molar-refractivity contribution in [3.05, 3.63) is 54.7 Å². The molecule has 0 unspecified atom stereocenters. The third-order valence-corrected chi connectivity index (χ3v) is 4.82. The Balaban J connectivity index is 1.49. The van der Waals surface area contributed by atoms with Gasteiger partial charge in [0, 0.05) is 25.1 Å². The van der Waals surface area contributed by atoms with Crippen molar-refractivity contribution < 1.29 is 9.53 Å². The highest BCUT2D eigenvalue weighted by atomic mass is 16.5. The van der Waals surface area contributed by atoms with Gasteiger partial charge in [-0.05, 0) is 37.0 Å². The first-order valence-corrected chi connectivity index (χ1v) is 9.02. The maximum atomic E-state index is 12.6. The van der Waals surface area contributed by atoms with E-state index in [1.807, 2.05) is 16.9 Å². The van der Waals surface area contributed by atoms with Crippen LogP contribution in [-0.4, -0.2) is 32.8 Å². The minimum absolute atomic E-state index is 0.275. The van der Waals surface area contributed by atoms with Gasteiger partial charge >= 0.3 is 0 Å². The molecule has 1 saturated carbocycles. The van der Waals surface area contributed by atoms with E-state index in [-0.39, 0.29) is 5.91 Å². The summed E-state index contributed by atoms with van der Waals surface area (Å²) in [4.78, 5) is 21.2. The molecule has 7 nitrogen and oxygen atoms in total. The van der Waals surface area contributed by atoms with Crippen molar-refractivity contribution in [2.75, 3.05) is 12.4 Å². The van der Waals surface area contributed by atoms with Gasteiger partial charge in [0.15, 0.2) is 0 Å². The Morgan fingerprint density at radius 1 is 1.30 bits per heavy atom. The summed E-state index contributed by atoms with van der Waals surface area (Å²) in [6, 6.07) is 7.07. The topological polar surface area (TPSA) is 81.9 Å². The van der Waals surface area contributed by atoms with Crippen LogP contribution in [0, 0.1) is 5.92 Å². The Labute approximate surface area is 157 Å². The van der Waals surface area contributed by atoms with Gasteiger partial charge in [0.25, 0.3) is 5.91 Å². The van der Waals surface area contributed by atoms with Crippen LogP contribution in [0.15, 0.2) is 49.1 Å². The molecule has 4 rings (SSSR count). The number of rotatable bonds is 6. The second-order valence-corrected chi connectivity index (χ2v) is 6.69. The summed E-state index contributed by atoms with van der Waals surface area (Å²) in [6.45, 7) is 0.907. The van der Waals surface area contributed by atoms with Crippen LogP contribution in [0.3, 0.4) is 0 Å². The van der Waals surface area contributed by atoms with Crippen LogP contribution in [0.25, 0.3) is 11.3 Å². The molecular weight excluding hydrogens is 342 g/mol. The first-order valence-electron chi connectivity index (χ1n) is 9.02. The van der Waals surface area contributed by atoms with Crippen molar-refractivity contribution in [3.63, 3.8) is 0 Å². The molecule has 1 aliphatic rings. The standard InChI is InChI=1S/C20H21N5O2/c1-27-19-8-9-21-11-16(19)17-6-3-7-18(24-17)20(26)23-15-10-22-25(13-15)12-14-4-2-5-14/h3,6-11,13-14H,2,4-5,12H2,1H3,(H,23,26). The molecule has 0 radical (unpaired) electrons. The van der Waals surface area contributed by atoms with E-state index in [9.17, 15) is 4.79 Å². The molecule has 0 aliphatic heterocycles. The van der Waals surface area contributed by atoms with Gasteiger partial charge in [-0.2, -0.15) is 5.10 Å². The van der Waals surface area contributed by atoms with Crippen molar-refractivity contribution in [1.82, 2.24) is 19.7 Å². The van der Waals surface area contributed by atoms with Crippen molar-refractivity contribution in [2.24, 2.45) is 5.92 Å². The van der Waals surface area contributed by atoms with Crippen LogP contribution < -0.4 is 10.1 Å². The van der Waals surface area contributed by atoms with E-state index in [2.05, 4.69) is 20.4 Å². The van der Waals surface area contributed by atoms with Crippen LogP contribution >= 0.6 is 0 Å². The predicted molar refractivity (Wildman–Crippen MR) is 102 cm³/mol. The first-order chi connectivity index (χ1) is 13.2. The number of aromatic nitrogens is 4.